The molecule has 0 radical (unpaired) electrons. The minimum absolute atomic E-state index is 0.798. The maximum atomic E-state index is 4.24. The lowest BCUT2D eigenvalue weighted by Crippen LogP contribution is -2.00. The van der Waals surface area contributed by atoms with Gasteiger partial charge in [-0.2, -0.15) is 0 Å². The highest BCUT2D eigenvalue weighted by Crippen LogP contribution is 2.17. The standard InChI is InChI=1S/C13H13BrN2/c1-10-6-7-12(9-15-10)16-8-11-4-2-3-5-13(11)14/h2-7,9,16H,8H2,1H3. The van der Waals surface area contributed by atoms with E-state index in [1.165, 1.54) is 5.56 Å². The van der Waals surface area contributed by atoms with Crippen LogP contribution in [0.5, 0.6) is 0 Å². The largest absolute Gasteiger partial charge is 0.380 e. The molecule has 16 heavy (non-hydrogen) atoms. The summed E-state index contributed by atoms with van der Waals surface area (Å²) in [6.07, 6.45) is 1.85. The molecule has 0 aliphatic rings. The zero-order valence-electron chi connectivity index (χ0n) is 9.07. The first kappa shape index (κ1) is 11.1. The van der Waals surface area contributed by atoms with E-state index in [4.69, 9.17) is 0 Å². The molecule has 0 aliphatic carbocycles. The van der Waals surface area contributed by atoms with Gasteiger partial charge in [-0.3, -0.25) is 4.98 Å². The van der Waals surface area contributed by atoms with E-state index < -0.39 is 0 Å². The van der Waals surface area contributed by atoms with E-state index >= 15 is 0 Å². The van der Waals surface area contributed by atoms with E-state index in [0.29, 0.717) is 0 Å². The van der Waals surface area contributed by atoms with E-state index in [0.717, 1.165) is 22.4 Å². The molecule has 0 aliphatic heterocycles. The fourth-order valence-electron chi connectivity index (χ4n) is 1.41. The predicted octanol–water partition coefficient (Wildman–Crippen LogP) is 3.76. The van der Waals surface area contributed by atoms with Gasteiger partial charge in [0.1, 0.15) is 0 Å². The van der Waals surface area contributed by atoms with Gasteiger partial charge in [-0.15, -0.1) is 0 Å². The quantitative estimate of drug-likeness (QED) is 0.923. The van der Waals surface area contributed by atoms with Crippen molar-refractivity contribution < 1.29 is 0 Å². The van der Waals surface area contributed by atoms with Crippen molar-refractivity contribution >= 4 is 21.6 Å². The fraction of sp³-hybridized carbons (Fsp3) is 0.154. The van der Waals surface area contributed by atoms with Crippen molar-refractivity contribution in [3.05, 3.63) is 58.3 Å². The molecule has 1 N–H and O–H groups in total. The number of halogens is 1. The monoisotopic (exact) mass is 276 g/mol. The molecule has 0 fully saturated rings. The number of pyridine rings is 1. The molecular weight excluding hydrogens is 264 g/mol. The Kier molecular flexibility index (Phi) is 3.57. The smallest absolute Gasteiger partial charge is 0.0529 e. The molecule has 0 spiro atoms. The van der Waals surface area contributed by atoms with Crippen LogP contribution in [0.15, 0.2) is 47.1 Å². The number of aryl methyl sites for hydroxylation is 1. The molecule has 3 heteroatoms. The van der Waals surface area contributed by atoms with Crippen molar-refractivity contribution in [1.82, 2.24) is 4.98 Å². The molecule has 2 nitrogen and oxygen atoms in total. The second kappa shape index (κ2) is 5.12. The van der Waals surface area contributed by atoms with Crippen molar-refractivity contribution in [2.75, 3.05) is 5.32 Å². The molecule has 0 atom stereocenters. The Morgan fingerprint density at radius 1 is 1.19 bits per heavy atom. The van der Waals surface area contributed by atoms with Crippen LogP contribution < -0.4 is 5.32 Å². The average molecular weight is 277 g/mol. The van der Waals surface area contributed by atoms with E-state index in [1.807, 2.05) is 43.5 Å². The molecule has 1 heterocycles. The number of rotatable bonds is 3. The zero-order chi connectivity index (χ0) is 11.4. The van der Waals surface area contributed by atoms with Gasteiger partial charge in [0, 0.05) is 16.7 Å². The second-order valence-electron chi connectivity index (χ2n) is 3.63. The van der Waals surface area contributed by atoms with E-state index in [1.54, 1.807) is 0 Å². The van der Waals surface area contributed by atoms with Crippen LogP contribution in [-0.4, -0.2) is 4.98 Å². The van der Waals surface area contributed by atoms with Crippen molar-refractivity contribution in [2.45, 2.75) is 13.5 Å². The van der Waals surface area contributed by atoms with Crippen molar-refractivity contribution in [3.63, 3.8) is 0 Å². The highest BCUT2D eigenvalue weighted by atomic mass is 79.9. The Labute approximate surface area is 104 Å². The molecule has 2 aromatic rings. The van der Waals surface area contributed by atoms with Crippen molar-refractivity contribution in [3.8, 4) is 0 Å². The third-order valence-corrected chi connectivity index (χ3v) is 3.13. The zero-order valence-corrected chi connectivity index (χ0v) is 10.7. The van der Waals surface area contributed by atoms with Gasteiger partial charge in [0.25, 0.3) is 0 Å². The van der Waals surface area contributed by atoms with Gasteiger partial charge in [0.05, 0.1) is 11.9 Å². The Hall–Kier alpha value is -1.35. The molecule has 1 aromatic carbocycles. The van der Waals surface area contributed by atoms with Crippen LogP contribution in [0.1, 0.15) is 11.3 Å². The number of hydrogen-bond acceptors (Lipinski definition) is 2. The van der Waals surface area contributed by atoms with Crippen molar-refractivity contribution in [2.24, 2.45) is 0 Å². The third kappa shape index (κ3) is 2.83. The molecule has 0 unspecified atom stereocenters. The van der Waals surface area contributed by atoms with Gasteiger partial charge in [-0.1, -0.05) is 34.1 Å². The fourth-order valence-corrected chi connectivity index (χ4v) is 1.84. The molecule has 0 amide bonds. The minimum atomic E-state index is 0.798. The molecule has 82 valence electrons. The summed E-state index contributed by atoms with van der Waals surface area (Å²) in [4.78, 5) is 4.24. The van der Waals surface area contributed by atoms with Crippen LogP contribution in [0.25, 0.3) is 0 Å². The molecule has 1 aromatic heterocycles. The Balaban J connectivity index is 2.02. The summed E-state index contributed by atoms with van der Waals surface area (Å²) in [5.41, 5.74) is 3.32. The summed E-state index contributed by atoms with van der Waals surface area (Å²) in [6.45, 7) is 2.78. The molecule has 2 rings (SSSR count). The summed E-state index contributed by atoms with van der Waals surface area (Å²) < 4.78 is 1.13. The number of aromatic nitrogens is 1. The molecule has 0 saturated heterocycles. The van der Waals surface area contributed by atoms with Crippen molar-refractivity contribution in [1.29, 1.82) is 0 Å². The van der Waals surface area contributed by atoms with Gasteiger partial charge in [-0.25, -0.2) is 0 Å². The summed E-state index contributed by atoms with van der Waals surface area (Å²) in [6, 6.07) is 12.2. The van der Waals surface area contributed by atoms with Gasteiger partial charge in [0.2, 0.25) is 0 Å². The Morgan fingerprint density at radius 3 is 2.69 bits per heavy atom. The van der Waals surface area contributed by atoms with Gasteiger partial charge >= 0.3 is 0 Å². The lowest BCUT2D eigenvalue weighted by Gasteiger charge is -2.07. The van der Waals surface area contributed by atoms with Gasteiger partial charge < -0.3 is 5.32 Å². The Morgan fingerprint density at radius 2 is 2.00 bits per heavy atom. The first-order valence-corrected chi connectivity index (χ1v) is 5.95. The summed E-state index contributed by atoms with van der Waals surface area (Å²) in [5.74, 6) is 0. The lowest BCUT2D eigenvalue weighted by molar-refractivity contribution is 1.11. The van der Waals surface area contributed by atoms with E-state index in [-0.39, 0.29) is 0 Å². The summed E-state index contributed by atoms with van der Waals surface area (Å²) >= 11 is 3.53. The normalized spacial score (nSPS) is 10.1. The number of benzene rings is 1. The first-order chi connectivity index (χ1) is 7.75. The first-order valence-electron chi connectivity index (χ1n) is 5.15. The highest BCUT2D eigenvalue weighted by molar-refractivity contribution is 9.10. The SMILES string of the molecule is Cc1ccc(NCc2ccccc2Br)cn1. The molecular formula is C13H13BrN2. The van der Waals surface area contributed by atoms with Crippen LogP contribution in [0.4, 0.5) is 5.69 Å². The molecule has 0 bridgehead atoms. The van der Waals surface area contributed by atoms with E-state index in [2.05, 4.69) is 32.3 Å². The van der Waals surface area contributed by atoms with Crippen LogP contribution in [-0.2, 0) is 6.54 Å². The number of anilines is 1. The van der Waals surface area contributed by atoms with Crippen LogP contribution in [0, 0.1) is 6.92 Å². The number of hydrogen-bond donors (Lipinski definition) is 1. The topological polar surface area (TPSA) is 24.9 Å². The average Bonchev–Trinajstić information content (AvgIpc) is 2.30. The maximum Gasteiger partial charge on any atom is 0.0529 e. The van der Waals surface area contributed by atoms with Crippen LogP contribution >= 0.6 is 15.9 Å². The highest BCUT2D eigenvalue weighted by Gasteiger charge is 1.98. The molecule has 0 saturated carbocycles. The number of nitrogens with one attached hydrogen (secondary N) is 1. The predicted molar refractivity (Wildman–Crippen MR) is 70.4 cm³/mol. The third-order valence-electron chi connectivity index (χ3n) is 2.35. The van der Waals surface area contributed by atoms with Gasteiger partial charge in [-0.05, 0) is 30.7 Å². The lowest BCUT2D eigenvalue weighted by atomic mass is 10.2. The second-order valence-corrected chi connectivity index (χ2v) is 4.49. The number of nitrogens with zero attached hydrogens (tertiary/aromatic N) is 1. The van der Waals surface area contributed by atoms with Gasteiger partial charge in [0.15, 0.2) is 0 Å². The minimum Gasteiger partial charge on any atom is -0.380 e. The summed E-state index contributed by atoms with van der Waals surface area (Å²) in [5, 5.41) is 3.34. The maximum absolute atomic E-state index is 4.24. The summed E-state index contributed by atoms with van der Waals surface area (Å²) in [7, 11) is 0. The Bertz CT molecular complexity index is 466. The van der Waals surface area contributed by atoms with E-state index in [9.17, 15) is 0 Å². The van der Waals surface area contributed by atoms with Crippen LogP contribution in [0.3, 0.4) is 0 Å². The van der Waals surface area contributed by atoms with Crippen LogP contribution in [0.2, 0.25) is 0 Å².